The number of carbonyl (C=O) groups is 1. The zero-order chi connectivity index (χ0) is 17.4. The highest BCUT2D eigenvalue weighted by atomic mass is 16.5. The van der Waals surface area contributed by atoms with E-state index < -0.39 is 0 Å². The minimum absolute atomic E-state index is 0.0899. The fourth-order valence-corrected chi connectivity index (χ4v) is 2.25. The summed E-state index contributed by atoms with van der Waals surface area (Å²) in [7, 11) is 0. The summed E-state index contributed by atoms with van der Waals surface area (Å²) in [6, 6.07) is 13.3. The van der Waals surface area contributed by atoms with E-state index in [0.717, 1.165) is 22.4 Å². The number of hydrogen-bond acceptors (Lipinski definition) is 4. The Kier molecular flexibility index (Phi) is 6.37. The van der Waals surface area contributed by atoms with Crippen LogP contribution in [0.15, 0.2) is 47.6 Å². The zero-order valence-corrected chi connectivity index (χ0v) is 14.2. The average molecular weight is 326 g/mol. The third-order valence-electron chi connectivity index (χ3n) is 3.18. The Balaban J connectivity index is 1.87. The number of nitrogens with zero attached hydrogens (tertiary/aromatic N) is 1. The van der Waals surface area contributed by atoms with Crippen LogP contribution in [-0.4, -0.2) is 25.3 Å². The normalized spacial score (nSPS) is 10.6. The van der Waals surface area contributed by atoms with E-state index in [2.05, 4.69) is 10.5 Å². The Bertz CT molecular complexity index is 706. The van der Waals surface area contributed by atoms with Gasteiger partial charge in [0.25, 0.3) is 5.91 Å². The molecule has 0 aliphatic heterocycles. The van der Waals surface area contributed by atoms with Crippen molar-refractivity contribution in [3.8, 4) is 11.5 Å². The molecule has 0 fully saturated rings. The van der Waals surface area contributed by atoms with Crippen LogP contribution < -0.4 is 14.9 Å². The van der Waals surface area contributed by atoms with E-state index in [0.29, 0.717) is 12.4 Å². The van der Waals surface area contributed by atoms with Gasteiger partial charge in [-0.1, -0.05) is 18.2 Å². The van der Waals surface area contributed by atoms with Gasteiger partial charge in [-0.15, -0.1) is 0 Å². The predicted molar refractivity (Wildman–Crippen MR) is 94.8 cm³/mol. The van der Waals surface area contributed by atoms with Gasteiger partial charge in [0, 0.05) is 5.56 Å². The van der Waals surface area contributed by atoms with E-state index in [4.69, 9.17) is 9.47 Å². The molecule has 5 heteroatoms. The summed E-state index contributed by atoms with van der Waals surface area (Å²) in [5.74, 6) is 1.08. The van der Waals surface area contributed by atoms with Gasteiger partial charge in [-0.05, 0) is 56.2 Å². The zero-order valence-electron chi connectivity index (χ0n) is 14.2. The Morgan fingerprint density at radius 3 is 2.54 bits per heavy atom. The fourth-order valence-electron chi connectivity index (χ4n) is 2.25. The van der Waals surface area contributed by atoms with E-state index in [9.17, 15) is 4.79 Å². The summed E-state index contributed by atoms with van der Waals surface area (Å²) >= 11 is 0. The van der Waals surface area contributed by atoms with Gasteiger partial charge in [-0.3, -0.25) is 4.79 Å². The molecule has 2 aromatic rings. The lowest BCUT2D eigenvalue weighted by Crippen LogP contribution is -2.24. The van der Waals surface area contributed by atoms with Crippen LogP contribution in [0.25, 0.3) is 0 Å². The van der Waals surface area contributed by atoms with E-state index >= 15 is 0 Å². The molecule has 0 unspecified atom stereocenters. The van der Waals surface area contributed by atoms with Crippen molar-refractivity contribution in [2.24, 2.45) is 5.10 Å². The first-order valence-corrected chi connectivity index (χ1v) is 7.83. The first kappa shape index (κ1) is 17.5. The van der Waals surface area contributed by atoms with Crippen LogP contribution >= 0.6 is 0 Å². The van der Waals surface area contributed by atoms with E-state index in [1.54, 1.807) is 6.21 Å². The number of carbonyl (C=O) groups excluding carboxylic acids is 1. The highest BCUT2D eigenvalue weighted by Gasteiger charge is 2.03. The average Bonchev–Trinajstić information content (AvgIpc) is 2.54. The van der Waals surface area contributed by atoms with Crippen LogP contribution in [0.1, 0.15) is 23.6 Å². The number of nitrogens with one attached hydrogen (secondary N) is 1. The molecule has 0 aliphatic rings. The Morgan fingerprint density at radius 1 is 1.12 bits per heavy atom. The second-order valence-electron chi connectivity index (χ2n) is 5.38. The van der Waals surface area contributed by atoms with Crippen LogP contribution in [0.2, 0.25) is 0 Å². The largest absolute Gasteiger partial charge is 0.493 e. The van der Waals surface area contributed by atoms with Crippen molar-refractivity contribution in [3.05, 3.63) is 59.2 Å². The predicted octanol–water partition coefficient (Wildman–Crippen LogP) is 3.23. The van der Waals surface area contributed by atoms with Crippen LogP contribution in [0.3, 0.4) is 0 Å². The molecule has 2 rings (SSSR count). The summed E-state index contributed by atoms with van der Waals surface area (Å²) in [5.41, 5.74) is 5.44. The van der Waals surface area contributed by atoms with Gasteiger partial charge in [0.05, 0.1) is 12.8 Å². The maximum Gasteiger partial charge on any atom is 0.277 e. The number of hydrazone groups is 1. The molecule has 0 saturated heterocycles. The molecule has 0 atom stereocenters. The highest BCUT2D eigenvalue weighted by Crippen LogP contribution is 2.16. The summed E-state index contributed by atoms with van der Waals surface area (Å²) in [5, 5.41) is 3.95. The maximum absolute atomic E-state index is 11.8. The van der Waals surface area contributed by atoms with Gasteiger partial charge in [0.1, 0.15) is 11.5 Å². The smallest absolute Gasteiger partial charge is 0.277 e. The van der Waals surface area contributed by atoms with Crippen molar-refractivity contribution in [1.82, 2.24) is 5.43 Å². The SMILES string of the molecule is CCOc1ccccc1/C=N/NC(=O)COc1cc(C)cc(C)c1. The van der Waals surface area contributed by atoms with Crippen molar-refractivity contribution in [1.29, 1.82) is 0 Å². The van der Waals surface area contributed by atoms with Crippen molar-refractivity contribution < 1.29 is 14.3 Å². The van der Waals surface area contributed by atoms with Gasteiger partial charge in [0.15, 0.2) is 6.61 Å². The van der Waals surface area contributed by atoms with Gasteiger partial charge >= 0.3 is 0 Å². The minimum Gasteiger partial charge on any atom is -0.493 e. The van der Waals surface area contributed by atoms with E-state index in [-0.39, 0.29) is 12.5 Å². The van der Waals surface area contributed by atoms with Crippen LogP contribution in [0.5, 0.6) is 11.5 Å². The molecule has 0 heterocycles. The maximum atomic E-state index is 11.8. The number of rotatable bonds is 7. The first-order valence-electron chi connectivity index (χ1n) is 7.83. The molecule has 0 saturated carbocycles. The fraction of sp³-hybridized carbons (Fsp3) is 0.263. The molecule has 0 aliphatic carbocycles. The van der Waals surface area contributed by atoms with Crippen LogP contribution in [-0.2, 0) is 4.79 Å². The number of aryl methyl sites for hydroxylation is 2. The Labute approximate surface area is 142 Å². The van der Waals surface area contributed by atoms with Crippen molar-refractivity contribution in [2.45, 2.75) is 20.8 Å². The molecule has 2 aromatic carbocycles. The number of ether oxygens (including phenoxy) is 2. The van der Waals surface area contributed by atoms with Crippen LogP contribution in [0, 0.1) is 13.8 Å². The standard InChI is InChI=1S/C19H22N2O3/c1-4-23-18-8-6-5-7-16(18)12-20-21-19(22)13-24-17-10-14(2)9-15(3)11-17/h5-12H,4,13H2,1-3H3,(H,21,22)/b20-12+. The van der Waals surface area contributed by atoms with E-state index in [1.165, 1.54) is 0 Å². The number of benzene rings is 2. The molecular formula is C19H22N2O3. The summed E-state index contributed by atoms with van der Waals surface area (Å²) < 4.78 is 11.0. The van der Waals surface area contributed by atoms with Crippen LogP contribution in [0.4, 0.5) is 0 Å². The first-order chi connectivity index (χ1) is 11.6. The molecule has 126 valence electrons. The molecule has 1 amide bonds. The summed E-state index contributed by atoms with van der Waals surface area (Å²) in [4.78, 5) is 11.8. The highest BCUT2D eigenvalue weighted by molar-refractivity contribution is 5.85. The molecule has 0 aromatic heterocycles. The lowest BCUT2D eigenvalue weighted by atomic mass is 10.1. The van der Waals surface area contributed by atoms with Gasteiger partial charge in [-0.2, -0.15) is 5.10 Å². The third kappa shape index (κ3) is 5.43. The Hall–Kier alpha value is -2.82. The van der Waals surface area contributed by atoms with Gasteiger partial charge in [-0.25, -0.2) is 5.43 Å². The quantitative estimate of drug-likeness (QED) is 0.628. The summed E-state index contributed by atoms with van der Waals surface area (Å²) in [6.07, 6.45) is 1.56. The topological polar surface area (TPSA) is 59.9 Å². The molecule has 1 N–H and O–H groups in total. The lowest BCUT2D eigenvalue weighted by Gasteiger charge is -2.07. The molecule has 24 heavy (non-hydrogen) atoms. The number of amides is 1. The molecular weight excluding hydrogens is 304 g/mol. The lowest BCUT2D eigenvalue weighted by molar-refractivity contribution is -0.123. The third-order valence-corrected chi connectivity index (χ3v) is 3.18. The molecule has 0 radical (unpaired) electrons. The number of para-hydroxylation sites is 1. The van der Waals surface area contributed by atoms with Crippen molar-refractivity contribution >= 4 is 12.1 Å². The number of hydrogen-bond donors (Lipinski definition) is 1. The van der Waals surface area contributed by atoms with E-state index in [1.807, 2.05) is 63.2 Å². The second kappa shape index (κ2) is 8.72. The monoisotopic (exact) mass is 326 g/mol. The van der Waals surface area contributed by atoms with Gasteiger partial charge in [0.2, 0.25) is 0 Å². The van der Waals surface area contributed by atoms with Crippen molar-refractivity contribution in [3.63, 3.8) is 0 Å². The minimum atomic E-state index is -0.320. The summed E-state index contributed by atoms with van der Waals surface area (Å²) in [6.45, 7) is 6.37. The molecule has 0 spiro atoms. The van der Waals surface area contributed by atoms with Crippen molar-refractivity contribution in [2.75, 3.05) is 13.2 Å². The van der Waals surface area contributed by atoms with Gasteiger partial charge < -0.3 is 9.47 Å². The second-order valence-corrected chi connectivity index (χ2v) is 5.38. The molecule has 5 nitrogen and oxygen atoms in total. The Morgan fingerprint density at radius 2 is 1.83 bits per heavy atom. The molecule has 0 bridgehead atoms.